The second-order valence-electron chi connectivity index (χ2n) is 7.80. The Hall–Kier alpha value is -3.54. The molecule has 0 spiro atoms. The van der Waals surface area contributed by atoms with Crippen molar-refractivity contribution < 1.29 is 19.1 Å². The van der Waals surface area contributed by atoms with Gasteiger partial charge in [0.15, 0.2) is 0 Å². The molecule has 0 saturated carbocycles. The fourth-order valence-corrected chi connectivity index (χ4v) is 4.29. The number of aromatic nitrogens is 1. The van der Waals surface area contributed by atoms with E-state index >= 15 is 0 Å². The molecule has 32 heavy (non-hydrogen) atoms. The molecule has 0 N–H and O–H groups in total. The summed E-state index contributed by atoms with van der Waals surface area (Å²) in [7, 11) is 1.63. The summed E-state index contributed by atoms with van der Waals surface area (Å²) >= 11 is 0. The molecule has 4 rings (SSSR count). The molecule has 2 aromatic carbocycles. The topological polar surface area (TPSA) is 60.8 Å². The van der Waals surface area contributed by atoms with Crippen molar-refractivity contribution in [3.63, 3.8) is 0 Å². The summed E-state index contributed by atoms with van der Waals surface area (Å²) in [5, 5.41) is 0. The minimum absolute atomic E-state index is 0.0846. The maximum atomic E-state index is 13.1. The van der Waals surface area contributed by atoms with Gasteiger partial charge in [0.25, 0.3) is 0 Å². The first-order chi connectivity index (χ1) is 15.5. The number of methoxy groups -OCH3 is 1. The maximum Gasteiger partial charge on any atom is 0.339 e. The predicted octanol–water partition coefficient (Wildman–Crippen LogP) is 4.63. The van der Waals surface area contributed by atoms with Crippen LogP contribution in [-0.2, 0) is 22.5 Å². The van der Waals surface area contributed by atoms with Crippen molar-refractivity contribution in [2.24, 2.45) is 0 Å². The zero-order valence-electron chi connectivity index (χ0n) is 18.8. The molecule has 2 heterocycles. The largest absolute Gasteiger partial charge is 0.497 e. The molecule has 166 valence electrons. The lowest BCUT2D eigenvalue weighted by Gasteiger charge is -2.19. The Kier molecular flexibility index (Phi) is 6.30. The number of carbonyl (C=O) groups is 2. The second kappa shape index (κ2) is 9.30. The number of hydrogen-bond donors (Lipinski definition) is 0. The number of anilines is 1. The van der Waals surface area contributed by atoms with E-state index < -0.39 is 0 Å². The maximum absolute atomic E-state index is 13.1. The summed E-state index contributed by atoms with van der Waals surface area (Å²) in [6.07, 6.45) is 1.23. The van der Waals surface area contributed by atoms with Gasteiger partial charge in [-0.2, -0.15) is 0 Å². The van der Waals surface area contributed by atoms with Gasteiger partial charge in [-0.1, -0.05) is 18.2 Å². The number of esters is 1. The fourth-order valence-electron chi connectivity index (χ4n) is 4.29. The number of hydrogen-bond acceptors (Lipinski definition) is 4. The molecule has 1 aromatic heterocycles. The highest BCUT2D eigenvalue weighted by Crippen LogP contribution is 2.30. The summed E-state index contributed by atoms with van der Waals surface area (Å²) in [6.45, 7) is 5.19. The van der Waals surface area contributed by atoms with Crippen LogP contribution in [0.5, 0.6) is 5.75 Å². The van der Waals surface area contributed by atoms with Crippen LogP contribution in [0.25, 0.3) is 11.3 Å². The molecular formula is C26H28N2O4. The monoisotopic (exact) mass is 432 g/mol. The van der Waals surface area contributed by atoms with Gasteiger partial charge < -0.3 is 18.9 Å². The number of nitrogens with zero attached hydrogens (tertiary/aromatic N) is 2. The van der Waals surface area contributed by atoms with Crippen molar-refractivity contribution in [1.29, 1.82) is 0 Å². The van der Waals surface area contributed by atoms with Gasteiger partial charge in [0, 0.05) is 36.6 Å². The molecule has 6 nitrogen and oxygen atoms in total. The lowest BCUT2D eigenvalue weighted by molar-refractivity contribution is -0.118. The van der Waals surface area contributed by atoms with E-state index in [1.165, 1.54) is 5.56 Å². The van der Waals surface area contributed by atoms with Crippen LogP contribution >= 0.6 is 0 Å². The quantitative estimate of drug-likeness (QED) is 0.511. The molecular weight excluding hydrogens is 404 g/mol. The lowest BCUT2D eigenvalue weighted by Crippen LogP contribution is -2.29. The van der Waals surface area contributed by atoms with Gasteiger partial charge in [0.05, 0.1) is 19.3 Å². The summed E-state index contributed by atoms with van der Waals surface area (Å²) in [4.78, 5) is 27.5. The third-order valence-corrected chi connectivity index (χ3v) is 5.99. The zero-order valence-corrected chi connectivity index (χ0v) is 18.8. The number of rotatable bonds is 7. The minimum Gasteiger partial charge on any atom is -0.497 e. The van der Waals surface area contributed by atoms with Crippen molar-refractivity contribution in [3.8, 4) is 17.0 Å². The Morgan fingerprint density at radius 3 is 2.53 bits per heavy atom. The number of para-hydroxylation sites is 1. The Balaban J connectivity index is 1.61. The van der Waals surface area contributed by atoms with E-state index in [1.807, 2.05) is 64.9 Å². The zero-order chi connectivity index (χ0) is 22.7. The van der Waals surface area contributed by atoms with E-state index in [1.54, 1.807) is 14.0 Å². The molecule has 0 fully saturated rings. The standard InChI is InChI=1S/C26H28N2O4/c1-4-32-26(30)22-17-24(20-9-11-21(31-3)12-10-20)27(18(22)2)16-14-25(29)28-15-13-19-7-5-6-8-23(19)28/h5-12,17H,4,13-16H2,1-3H3. The van der Waals surface area contributed by atoms with Gasteiger partial charge in [0.1, 0.15) is 5.75 Å². The number of carbonyl (C=O) groups excluding carboxylic acids is 2. The van der Waals surface area contributed by atoms with E-state index in [0.717, 1.165) is 34.8 Å². The van der Waals surface area contributed by atoms with Crippen LogP contribution in [0.15, 0.2) is 54.6 Å². The third kappa shape index (κ3) is 4.13. The van der Waals surface area contributed by atoms with Crippen LogP contribution in [0.1, 0.15) is 35.0 Å². The van der Waals surface area contributed by atoms with E-state index in [-0.39, 0.29) is 11.9 Å². The van der Waals surface area contributed by atoms with Gasteiger partial charge >= 0.3 is 5.97 Å². The Labute approximate surface area is 188 Å². The highest BCUT2D eigenvalue weighted by atomic mass is 16.5. The van der Waals surface area contributed by atoms with Crippen LogP contribution in [-0.4, -0.2) is 36.7 Å². The van der Waals surface area contributed by atoms with Crippen molar-refractivity contribution in [3.05, 3.63) is 71.4 Å². The highest BCUT2D eigenvalue weighted by molar-refractivity contribution is 5.96. The van der Waals surface area contributed by atoms with Crippen LogP contribution < -0.4 is 9.64 Å². The van der Waals surface area contributed by atoms with Gasteiger partial charge in [-0.05, 0) is 67.8 Å². The van der Waals surface area contributed by atoms with Crippen LogP contribution in [0.4, 0.5) is 5.69 Å². The van der Waals surface area contributed by atoms with E-state index in [9.17, 15) is 9.59 Å². The molecule has 3 aromatic rings. The molecule has 6 heteroatoms. The van der Waals surface area contributed by atoms with Crippen molar-refractivity contribution >= 4 is 17.6 Å². The van der Waals surface area contributed by atoms with E-state index in [4.69, 9.17) is 9.47 Å². The summed E-state index contributed by atoms with van der Waals surface area (Å²) < 4.78 is 12.6. The normalized spacial score (nSPS) is 12.5. The van der Waals surface area contributed by atoms with Gasteiger partial charge in [0.2, 0.25) is 5.91 Å². The Morgan fingerprint density at radius 1 is 1.06 bits per heavy atom. The average molecular weight is 433 g/mol. The van der Waals surface area contributed by atoms with Crippen LogP contribution in [0, 0.1) is 6.92 Å². The predicted molar refractivity (Wildman–Crippen MR) is 124 cm³/mol. The fraction of sp³-hybridized carbons (Fsp3) is 0.308. The first kappa shape index (κ1) is 21.7. The van der Waals surface area contributed by atoms with E-state index in [2.05, 4.69) is 6.07 Å². The molecule has 0 bridgehead atoms. The third-order valence-electron chi connectivity index (χ3n) is 5.99. The number of ether oxygens (including phenoxy) is 2. The molecule has 0 atom stereocenters. The first-order valence-electron chi connectivity index (χ1n) is 10.9. The summed E-state index contributed by atoms with van der Waals surface area (Å²) in [5.74, 6) is 0.497. The molecule has 1 amide bonds. The first-order valence-corrected chi connectivity index (χ1v) is 10.9. The molecule has 0 radical (unpaired) electrons. The molecule has 1 aliphatic rings. The molecule has 1 aliphatic heterocycles. The Bertz CT molecular complexity index is 1130. The SMILES string of the molecule is CCOC(=O)c1cc(-c2ccc(OC)cc2)n(CCC(=O)N2CCc3ccccc32)c1C. The number of fused-ring (bicyclic) bond motifs is 1. The van der Waals surface area contributed by atoms with Crippen LogP contribution in [0.3, 0.4) is 0 Å². The average Bonchev–Trinajstić information content (AvgIpc) is 3.39. The number of benzene rings is 2. The smallest absolute Gasteiger partial charge is 0.339 e. The van der Waals surface area contributed by atoms with Gasteiger partial charge in [-0.3, -0.25) is 4.79 Å². The highest BCUT2D eigenvalue weighted by Gasteiger charge is 2.25. The van der Waals surface area contributed by atoms with E-state index in [0.29, 0.717) is 31.7 Å². The number of amides is 1. The van der Waals surface area contributed by atoms with Gasteiger partial charge in [-0.25, -0.2) is 4.79 Å². The minimum atomic E-state index is -0.349. The summed E-state index contributed by atoms with van der Waals surface area (Å²) in [5.41, 5.74) is 5.36. The van der Waals surface area contributed by atoms with Crippen molar-refractivity contribution in [2.45, 2.75) is 33.2 Å². The van der Waals surface area contributed by atoms with Crippen molar-refractivity contribution in [2.75, 3.05) is 25.2 Å². The van der Waals surface area contributed by atoms with Crippen molar-refractivity contribution in [1.82, 2.24) is 4.57 Å². The summed E-state index contributed by atoms with van der Waals surface area (Å²) in [6, 6.07) is 17.6. The molecule has 0 saturated heterocycles. The second-order valence-corrected chi connectivity index (χ2v) is 7.80. The molecule has 0 unspecified atom stereocenters. The van der Waals surface area contributed by atoms with Crippen LogP contribution in [0.2, 0.25) is 0 Å². The Morgan fingerprint density at radius 2 is 1.81 bits per heavy atom. The molecule has 0 aliphatic carbocycles. The van der Waals surface area contributed by atoms with Gasteiger partial charge in [-0.15, -0.1) is 0 Å². The lowest BCUT2D eigenvalue weighted by atomic mass is 10.1.